The van der Waals surface area contributed by atoms with Crippen molar-refractivity contribution in [3.05, 3.63) is 94.6 Å². The lowest BCUT2D eigenvalue weighted by molar-refractivity contribution is 0.0950. The molecule has 200 valence electrons. The minimum absolute atomic E-state index is 0.202. The van der Waals surface area contributed by atoms with Gasteiger partial charge in [-0.1, -0.05) is 24.3 Å². The Bertz CT molecular complexity index is 1620. The molecule has 8 nitrogen and oxygen atoms in total. The fourth-order valence-electron chi connectivity index (χ4n) is 4.63. The van der Waals surface area contributed by atoms with Crippen LogP contribution in [0.3, 0.4) is 0 Å². The minimum Gasteiger partial charge on any atom is -0.493 e. The molecule has 5 rings (SSSR count). The van der Waals surface area contributed by atoms with Gasteiger partial charge in [-0.25, -0.2) is 4.98 Å². The van der Waals surface area contributed by atoms with Gasteiger partial charge in [0.15, 0.2) is 16.6 Å². The van der Waals surface area contributed by atoms with Crippen molar-refractivity contribution < 1.29 is 14.3 Å². The number of methoxy groups -OCH3 is 2. The molecule has 9 heteroatoms. The number of fused-ring (bicyclic) bond motifs is 1. The maximum Gasteiger partial charge on any atom is 0.270 e. The van der Waals surface area contributed by atoms with Crippen LogP contribution in [0.2, 0.25) is 0 Å². The number of amides is 1. The monoisotopic (exact) mass is 541 g/mol. The number of carbonyl (C=O) groups excluding carboxylic acids is 1. The first-order valence-corrected chi connectivity index (χ1v) is 13.5. The quantitative estimate of drug-likeness (QED) is 0.200. The van der Waals surface area contributed by atoms with Crippen LogP contribution in [0.15, 0.2) is 72.1 Å². The van der Waals surface area contributed by atoms with E-state index in [1.165, 1.54) is 11.3 Å². The van der Waals surface area contributed by atoms with E-state index >= 15 is 0 Å². The molecule has 0 atom stereocenters. The zero-order valence-electron chi connectivity index (χ0n) is 22.2. The molecule has 0 saturated carbocycles. The second kappa shape index (κ2) is 11.5. The van der Waals surface area contributed by atoms with Crippen molar-refractivity contribution in [1.82, 2.24) is 14.9 Å². The van der Waals surface area contributed by atoms with Gasteiger partial charge in [0.05, 0.1) is 26.3 Å². The predicted molar refractivity (Wildman–Crippen MR) is 157 cm³/mol. The second-order valence-electron chi connectivity index (χ2n) is 9.16. The summed E-state index contributed by atoms with van der Waals surface area (Å²) in [5, 5.41) is 9.96. The number of carbonyl (C=O) groups is 1. The number of hydrogen-bond acceptors (Lipinski definition) is 7. The highest BCUT2D eigenvalue weighted by atomic mass is 32.1. The van der Waals surface area contributed by atoms with Gasteiger partial charge in [-0.3, -0.25) is 4.79 Å². The molecule has 39 heavy (non-hydrogen) atoms. The summed E-state index contributed by atoms with van der Waals surface area (Å²) in [5.74, 6) is 1.14. The number of aromatic nitrogens is 2. The summed E-state index contributed by atoms with van der Waals surface area (Å²) in [7, 11) is 3.21. The predicted octanol–water partition coefficient (Wildman–Crippen LogP) is 5.58. The molecule has 0 spiro atoms. The Morgan fingerprint density at radius 2 is 1.85 bits per heavy atom. The summed E-state index contributed by atoms with van der Waals surface area (Å²) in [5.41, 5.74) is 12.6. The van der Waals surface area contributed by atoms with Gasteiger partial charge in [-0.05, 0) is 66.9 Å². The highest BCUT2D eigenvalue weighted by molar-refractivity contribution is 7.13. The normalized spacial score (nSPS) is 10.9. The number of hydrogen-bond donors (Lipinski definition) is 3. The molecule has 0 aliphatic rings. The van der Waals surface area contributed by atoms with Crippen LogP contribution in [0.25, 0.3) is 16.6 Å². The third-order valence-corrected chi connectivity index (χ3v) is 7.35. The van der Waals surface area contributed by atoms with E-state index in [-0.39, 0.29) is 5.91 Å². The maximum absolute atomic E-state index is 12.7. The first-order chi connectivity index (χ1) is 19.0. The lowest BCUT2D eigenvalue weighted by Gasteiger charge is -2.14. The summed E-state index contributed by atoms with van der Waals surface area (Å²) >= 11 is 1.41. The van der Waals surface area contributed by atoms with Crippen molar-refractivity contribution in [3.8, 4) is 17.2 Å². The Kier molecular flexibility index (Phi) is 7.69. The number of nitrogen functional groups attached to an aromatic ring is 1. The molecule has 0 bridgehead atoms. The fraction of sp³-hybridized carbons (Fsp3) is 0.200. The van der Waals surface area contributed by atoms with Crippen molar-refractivity contribution in [2.45, 2.75) is 19.9 Å². The lowest BCUT2D eigenvalue weighted by atomic mass is 10.1. The number of thiazole rings is 1. The molecule has 0 aliphatic carbocycles. The summed E-state index contributed by atoms with van der Waals surface area (Å²) < 4.78 is 12.9. The number of ether oxygens (including phenoxy) is 2. The van der Waals surface area contributed by atoms with Crippen LogP contribution in [0.1, 0.15) is 27.3 Å². The van der Waals surface area contributed by atoms with Crippen LogP contribution in [0, 0.1) is 6.92 Å². The van der Waals surface area contributed by atoms with Gasteiger partial charge in [0, 0.05) is 34.4 Å². The van der Waals surface area contributed by atoms with Gasteiger partial charge < -0.3 is 30.4 Å². The number of anilines is 2. The van der Waals surface area contributed by atoms with Gasteiger partial charge in [0.2, 0.25) is 0 Å². The zero-order valence-corrected chi connectivity index (χ0v) is 23.0. The van der Waals surface area contributed by atoms with Crippen LogP contribution >= 0.6 is 11.3 Å². The van der Waals surface area contributed by atoms with Crippen LogP contribution < -0.4 is 25.8 Å². The van der Waals surface area contributed by atoms with E-state index in [2.05, 4.69) is 51.4 Å². The lowest BCUT2D eigenvalue weighted by Crippen LogP contribution is -2.26. The molecule has 1 amide bonds. The Balaban J connectivity index is 1.24. The van der Waals surface area contributed by atoms with E-state index in [4.69, 9.17) is 15.2 Å². The molecular formula is C30H31N5O3S. The van der Waals surface area contributed by atoms with Crippen molar-refractivity contribution in [2.75, 3.05) is 31.8 Å². The zero-order chi connectivity index (χ0) is 27.4. The topological polar surface area (TPSA) is 103 Å². The van der Waals surface area contributed by atoms with Crippen LogP contribution in [0.5, 0.6) is 11.5 Å². The van der Waals surface area contributed by atoms with Crippen molar-refractivity contribution in [3.63, 3.8) is 0 Å². The Hall–Kier alpha value is -4.50. The molecule has 0 unspecified atom stereocenters. The number of nitrogens with two attached hydrogens (primary N) is 1. The van der Waals surface area contributed by atoms with E-state index in [0.29, 0.717) is 41.8 Å². The molecule has 0 saturated heterocycles. The largest absolute Gasteiger partial charge is 0.493 e. The Morgan fingerprint density at radius 3 is 2.64 bits per heavy atom. The highest BCUT2D eigenvalue weighted by Gasteiger charge is 2.15. The van der Waals surface area contributed by atoms with Crippen molar-refractivity contribution in [2.24, 2.45) is 0 Å². The van der Waals surface area contributed by atoms with Crippen LogP contribution in [-0.2, 0) is 13.0 Å². The number of para-hydroxylation sites is 1. The molecule has 2 heterocycles. The Labute approximate surface area is 231 Å². The molecule has 0 fully saturated rings. The molecule has 4 N–H and O–H groups in total. The minimum atomic E-state index is -0.202. The van der Waals surface area contributed by atoms with Gasteiger partial charge in [-0.2, -0.15) is 0 Å². The third-order valence-electron chi connectivity index (χ3n) is 6.55. The van der Waals surface area contributed by atoms with Crippen LogP contribution in [0.4, 0.5) is 10.8 Å². The molecule has 0 aliphatic heterocycles. The number of benzene rings is 3. The van der Waals surface area contributed by atoms with E-state index in [1.54, 1.807) is 19.6 Å². The summed E-state index contributed by atoms with van der Waals surface area (Å²) in [6.45, 7) is 3.09. The van der Waals surface area contributed by atoms with Gasteiger partial charge >= 0.3 is 0 Å². The number of nitrogens with zero attached hydrogens (tertiary/aromatic N) is 2. The number of rotatable bonds is 10. The SMILES string of the molecule is COc1ccc(CCNC(=O)c2csc(NCc3cc4ccccc4n3-c3ccc(N)cc3C)n2)cc1OC. The second-order valence-corrected chi connectivity index (χ2v) is 10.0. The third kappa shape index (κ3) is 5.68. The van der Waals surface area contributed by atoms with E-state index in [9.17, 15) is 4.79 Å². The average molecular weight is 542 g/mol. The van der Waals surface area contributed by atoms with Gasteiger partial charge in [-0.15, -0.1) is 11.3 Å². The first-order valence-electron chi connectivity index (χ1n) is 12.6. The molecule has 5 aromatic rings. The maximum atomic E-state index is 12.7. The van der Waals surface area contributed by atoms with Crippen LogP contribution in [-0.4, -0.2) is 36.2 Å². The molecule has 0 radical (unpaired) electrons. The van der Waals surface area contributed by atoms with Gasteiger partial charge in [0.1, 0.15) is 5.69 Å². The number of nitrogens with one attached hydrogen (secondary N) is 2. The summed E-state index contributed by atoms with van der Waals surface area (Å²) in [6.07, 6.45) is 0.663. The highest BCUT2D eigenvalue weighted by Crippen LogP contribution is 2.29. The first kappa shape index (κ1) is 26.1. The van der Waals surface area contributed by atoms with E-state index < -0.39 is 0 Å². The van der Waals surface area contributed by atoms with Gasteiger partial charge in [0.25, 0.3) is 5.91 Å². The smallest absolute Gasteiger partial charge is 0.270 e. The summed E-state index contributed by atoms with van der Waals surface area (Å²) in [6, 6.07) is 22.2. The summed E-state index contributed by atoms with van der Waals surface area (Å²) in [4.78, 5) is 17.2. The number of aryl methyl sites for hydroxylation is 1. The average Bonchev–Trinajstić information content (AvgIpc) is 3.57. The van der Waals surface area contributed by atoms with Crippen molar-refractivity contribution in [1.29, 1.82) is 0 Å². The molecule has 3 aromatic carbocycles. The van der Waals surface area contributed by atoms with Crippen molar-refractivity contribution >= 4 is 39.0 Å². The fourth-order valence-corrected chi connectivity index (χ4v) is 5.32. The Morgan fingerprint density at radius 1 is 1.03 bits per heavy atom. The standard InChI is InChI=1S/C30H31N5O3S/c1-19-14-22(31)9-10-25(19)35-23(16-21-6-4-5-7-26(21)35)17-33-30-34-24(18-39-30)29(36)32-13-12-20-8-11-27(37-2)28(15-20)38-3/h4-11,14-16,18H,12-13,17,31H2,1-3H3,(H,32,36)(H,33,34). The van der Waals surface area contributed by atoms with E-state index in [1.807, 2.05) is 42.5 Å². The molecule has 2 aromatic heterocycles. The van der Waals surface area contributed by atoms with E-state index in [0.717, 1.165) is 39.1 Å². The molecular weight excluding hydrogens is 510 g/mol.